The fourth-order valence-corrected chi connectivity index (χ4v) is 3.94. The Morgan fingerprint density at radius 3 is 2.30 bits per heavy atom. The van der Waals surface area contributed by atoms with Gasteiger partial charge in [-0.1, -0.05) is 31.4 Å². The summed E-state index contributed by atoms with van der Waals surface area (Å²) < 4.78 is 38.5. The van der Waals surface area contributed by atoms with Crippen LogP contribution in [0.15, 0.2) is 24.3 Å². The monoisotopic (exact) mass is 382 g/mol. The summed E-state index contributed by atoms with van der Waals surface area (Å²) in [5, 5.41) is 3.07. The molecule has 1 N–H and O–H groups in total. The van der Waals surface area contributed by atoms with Gasteiger partial charge in [0, 0.05) is 30.6 Å². The Labute approximate surface area is 157 Å². The third-order valence-corrected chi connectivity index (χ3v) is 5.56. The predicted octanol–water partition coefficient (Wildman–Crippen LogP) is 4.64. The first-order chi connectivity index (χ1) is 12.8. The van der Waals surface area contributed by atoms with Gasteiger partial charge in [-0.05, 0) is 37.8 Å². The highest BCUT2D eigenvalue weighted by Crippen LogP contribution is 2.31. The molecule has 0 aromatic heterocycles. The number of hydrogen-bond acceptors (Lipinski definition) is 2. The van der Waals surface area contributed by atoms with Crippen LogP contribution in [0, 0.1) is 5.92 Å². The summed E-state index contributed by atoms with van der Waals surface area (Å²) in [7, 11) is 0. The quantitative estimate of drug-likeness (QED) is 0.774. The van der Waals surface area contributed by atoms with Crippen molar-refractivity contribution in [2.24, 2.45) is 5.92 Å². The largest absolute Gasteiger partial charge is 0.416 e. The van der Waals surface area contributed by atoms with Crippen LogP contribution >= 0.6 is 0 Å². The van der Waals surface area contributed by atoms with Crippen LogP contribution in [-0.4, -0.2) is 35.8 Å². The van der Waals surface area contributed by atoms with Crippen molar-refractivity contribution in [2.75, 3.05) is 13.1 Å². The molecule has 0 bridgehead atoms. The van der Waals surface area contributed by atoms with Crippen LogP contribution in [0.25, 0.3) is 0 Å². The number of likely N-dealkylation sites (tertiary alicyclic amines) is 1. The highest BCUT2D eigenvalue weighted by Gasteiger charge is 2.33. The number of halogens is 3. The fraction of sp³-hybridized carbons (Fsp3) is 0.600. The zero-order valence-corrected chi connectivity index (χ0v) is 15.2. The van der Waals surface area contributed by atoms with Crippen molar-refractivity contribution >= 4 is 11.8 Å². The first kappa shape index (κ1) is 19.7. The number of alkyl halides is 3. The summed E-state index contributed by atoms with van der Waals surface area (Å²) in [5.74, 6) is -0.611. The lowest BCUT2D eigenvalue weighted by molar-refractivity contribution is -0.137. The van der Waals surface area contributed by atoms with Gasteiger partial charge in [0.1, 0.15) is 0 Å². The van der Waals surface area contributed by atoms with Crippen LogP contribution in [0.1, 0.15) is 60.9 Å². The molecule has 148 valence electrons. The molecule has 1 saturated heterocycles. The minimum Gasteiger partial charge on any atom is -0.335 e. The van der Waals surface area contributed by atoms with Crippen LogP contribution in [0.3, 0.4) is 0 Å². The summed E-state index contributed by atoms with van der Waals surface area (Å²) in [5.41, 5.74) is -0.715. The Balaban J connectivity index is 1.54. The summed E-state index contributed by atoms with van der Waals surface area (Å²) in [6, 6.07) is 4.73. The molecule has 2 fully saturated rings. The van der Waals surface area contributed by atoms with Gasteiger partial charge in [0.05, 0.1) is 5.56 Å². The van der Waals surface area contributed by atoms with Crippen molar-refractivity contribution in [3.8, 4) is 0 Å². The number of carbonyl (C=O) groups excluding carboxylic acids is 2. The number of carbonyl (C=O) groups is 2. The van der Waals surface area contributed by atoms with Crippen molar-refractivity contribution in [3.63, 3.8) is 0 Å². The number of hydrogen-bond donors (Lipinski definition) is 1. The molecule has 1 heterocycles. The molecule has 1 aliphatic heterocycles. The van der Waals surface area contributed by atoms with Crippen molar-refractivity contribution in [1.29, 1.82) is 0 Å². The molecule has 1 aromatic carbocycles. The van der Waals surface area contributed by atoms with Crippen LogP contribution in [-0.2, 0) is 6.18 Å². The normalized spacial score (nSPS) is 19.7. The molecule has 1 aromatic rings. The highest BCUT2D eigenvalue weighted by atomic mass is 19.4. The molecule has 0 unspecified atom stereocenters. The number of ketones is 1. The topological polar surface area (TPSA) is 49.4 Å². The SMILES string of the molecule is O=C(c1cccc(C(F)(F)F)c1)C1CCN(C(=O)NC2CCCCC2)CC1. The first-order valence-electron chi connectivity index (χ1n) is 9.61. The average molecular weight is 382 g/mol. The van der Waals surface area contributed by atoms with Gasteiger partial charge in [-0.25, -0.2) is 4.79 Å². The lowest BCUT2D eigenvalue weighted by atomic mass is 9.88. The second kappa shape index (κ2) is 8.31. The Morgan fingerprint density at radius 2 is 1.67 bits per heavy atom. The zero-order valence-electron chi connectivity index (χ0n) is 15.2. The van der Waals surface area contributed by atoms with Crippen LogP contribution in [0.5, 0.6) is 0 Å². The van der Waals surface area contributed by atoms with Crippen LogP contribution in [0.2, 0.25) is 0 Å². The first-order valence-corrected chi connectivity index (χ1v) is 9.61. The van der Waals surface area contributed by atoms with E-state index in [2.05, 4.69) is 5.32 Å². The molecule has 1 saturated carbocycles. The number of piperidine rings is 1. The maximum Gasteiger partial charge on any atom is 0.416 e. The molecule has 27 heavy (non-hydrogen) atoms. The third kappa shape index (κ3) is 5.02. The number of Topliss-reactive ketones (excluding diaryl/α,β-unsaturated/α-hetero) is 1. The van der Waals surface area contributed by atoms with E-state index in [-0.39, 0.29) is 29.3 Å². The third-order valence-electron chi connectivity index (χ3n) is 5.56. The second-order valence-corrected chi connectivity index (χ2v) is 7.49. The molecule has 7 heteroatoms. The molecule has 2 aliphatic rings. The maximum atomic E-state index is 12.8. The van der Waals surface area contributed by atoms with Gasteiger partial charge in [0.2, 0.25) is 0 Å². The molecule has 0 radical (unpaired) electrons. The van der Waals surface area contributed by atoms with Gasteiger partial charge in [-0.3, -0.25) is 4.79 Å². The maximum absolute atomic E-state index is 12.8. The number of benzene rings is 1. The number of rotatable bonds is 3. The van der Waals surface area contributed by atoms with E-state index < -0.39 is 11.7 Å². The molecule has 4 nitrogen and oxygen atoms in total. The minimum absolute atomic E-state index is 0.0909. The molecule has 0 atom stereocenters. The molecular weight excluding hydrogens is 357 g/mol. The molecule has 3 rings (SSSR count). The predicted molar refractivity (Wildman–Crippen MR) is 95.5 cm³/mol. The number of nitrogens with zero attached hydrogens (tertiary/aromatic N) is 1. The van der Waals surface area contributed by atoms with E-state index in [9.17, 15) is 22.8 Å². The van der Waals surface area contributed by atoms with Gasteiger partial charge < -0.3 is 10.2 Å². The van der Waals surface area contributed by atoms with Crippen LogP contribution < -0.4 is 5.32 Å². The molecule has 1 aliphatic carbocycles. The number of nitrogens with one attached hydrogen (secondary N) is 1. The van der Waals surface area contributed by atoms with Crippen molar-refractivity contribution < 1.29 is 22.8 Å². The van der Waals surface area contributed by atoms with E-state index in [1.54, 1.807) is 4.90 Å². The molecular formula is C20H25F3N2O2. The Kier molecular flexibility index (Phi) is 6.07. The number of urea groups is 1. The lowest BCUT2D eigenvalue weighted by Gasteiger charge is -2.33. The van der Waals surface area contributed by atoms with E-state index in [0.29, 0.717) is 25.9 Å². The average Bonchev–Trinajstić information content (AvgIpc) is 2.68. The van der Waals surface area contributed by atoms with Crippen molar-refractivity contribution in [3.05, 3.63) is 35.4 Å². The van der Waals surface area contributed by atoms with Crippen molar-refractivity contribution in [2.45, 2.75) is 57.2 Å². The van der Waals surface area contributed by atoms with E-state index in [1.165, 1.54) is 18.6 Å². The standard InChI is InChI=1S/C20H25F3N2O2/c21-20(22,23)16-6-4-5-15(13-16)18(26)14-9-11-25(12-10-14)19(27)24-17-7-2-1-3-8-17/h4-6,13-14,17H,1-3,7-12H2,(H,24,27). The van der Waals surface area contributed by atoms with Crippen LogP contribution in [0.4, 0.5) is 18.0 Å². The zero-order chi connectivity index (χ0) is 19.4. The summed E-state index contributed by atoms with van der Waals surface area (Å²) in [6.45, 7) is 0.905. The Bertz CT molecular complexity index is 676. The molecule has 0 spiro atoms. The summed E-state index contributed by atoms with van der Waals surface area (Å²) in [6.07, 6.45) is 2.01. The van der Waals surface area contributed by atoms with E-state index in [1.807, 2.05) is 0 Å². The van der Waals surface area contributed by atoms with Gasteiger partial charge >= 0.3 is 12.2 Å². The number of amides is 2. The second-order valence-electron chi connectivity index (χ2n) is 7.49. The van der Waals surface area contributed by atoms with Gasteiger partial charge in [0.25, 0.3) is 0 Å². The van der Waals surface area contributed by atoms with Gasteiger partial charge in [-0.2, -0.15) is 13.2 Å². The Morgan fingerprint density at radius 1 is 1.00 bits per heavy atom. The van der Waals surface area contributed by atoms with E-state index in [4.69, 9.17) is 0 Å². The highest BCUT2D eigenvalue weighted by molar-refractivity contribution is 5.98. The van der Waals surface area contributed by atoms with E-state index in [0.717, 1.165) is 37.8 Å². The van der Waals surface area contributed by atoms with E-state index >= 15 is 0 Å². The lowest BCUT2D eigenvalue weighted by Crippen LogP contribution is -2.48. The summed E-state index contributed by atoms with van der Waals surface area (Å²) >= 11 is 0. The Hall–Kier alpha value is -2.05. The fourth-order valence-electron chi connectivity index (χ4n) is 3.94. The molecule has 2 amide bonds. The van der Waals surface area contributed by atoms with Gasteiger partial charge in [-0.15, -0.1) is 0 Å². The minimum atomic E-state index is -4.46. The smallest absolute Gasteiger partial charge is 0.335 e. The van der Waals surface area contributed by atoms with Crippen molar-refractivity contribution in [1.82, 2.24) is 10.2 Å². The summed E-state index contributed by atoms with van der Waals surface area (Å²) in [4.78, 5) is 26.7. The van der Waals surface area contributed by atoms with Gasteiger partial charge in [0.15, 0.2) is 5.78 Å².